The highest BCUT2D eigenvalue weighted by atomic mass is 32.2. The Morgan fingerprint density at radius 2 is 2.28 bits per heavy atom. The Bertz CT molecular complexity index is 488. The molecule has 0 atom stereocenters. The molecule has 1 aromatic carbocycles. The van der Waals surface area contributed by atoms with Crippen molar-refractivity contribution in [2.24, 2.45) is 5.73 Å². The fourth-order valence-corrected chi connectivity index (χ4v) is 2.87. The van der Waals surface area contributed by atoms with Crippen LogP contribution in [0.25, 0.3) is 0 Å². The van der Waals surface area contributed by atoms with Crippen molar-refractivity contribution in [3.63, 3.8) is 0 Å². The number of rotatable bonds is 4. The van der Waals surface area contributed by atoms with Crippen LogP contribution in [0.4, 0.5) is 5.69 Å². The first-order valence-corrected chi connectivity index (χ1v) is 6.99. The summed E-state index contributed by atoms with van der Waals surface area (Å²) in [5.41, 5.74) is 6.66. The lowest BCUT2D eigenvalue weighted by Gasteiger charge is -2.17. The molecular weight excluding hydrogens is 248 g/mol. The number of thioether (sulfide) groups is 1. The Morgan fingerprint density at radius 3 is 2.83 bits per heavy atom. The standard InChI is InChI=1S/C13H16N2O2S/c1-2-18-11-6-5-9(8-10(11)13(14)17)15-7-3-4-12(15)16/h5-6,8H,2-4,7H2,1H3,(H2,14,17). The molecule has 1 aromatic rings. The summed E-state index contributed by atoms with van der Waals surface area (Å²) >= 11 is 1.58. The van der Waals surface area contributed by atoms with Gasteiger partial charge in [-0.15, -0.1) is 11.8 Å². The predicted molar refractivity (Wildman–Crippen MR) is 72.9 cm³/mol. The van der Waals surface area contributed by atoms with E-state index in [9.17, 15) is 9.59 Å². The van der Waals surface area contributed by atoms with Crippen LogP contribution in [0.2, 0.25) is 0 Å². The van der Waals surface area contributed by atoms with E-state index in [4.69, 9.17) is 5.73 Å². The van der Waals surface area contributed by atoms with E-state index in [2.05, 4.69) is 0 Å². The van der Waals surface area contributed by atoms with Crippen molar-refractivity contribution in [3.8, 4) is 0 Å². The van der Waals surface area contributed by atoms with Gasteiger partial charge in [-0.05, 0) is 30.4 Å². The minimum Gasteiger partial charge on any atom is -0.366 e. The monoisotopic (exact) mass is 264 g/mol. The van der Waals surface area contributed by atoms with Crippen LogP contribution in [-0.4, -0.2) is 24.1 Å². The fourth-order valence-electron chi connectivity index (χ4n) is 2.08. The Hall–Kier alpha value is -1.49. The van der Waals surface area contributed by atoms with Crippen LogP contribution in [0.3, 0.4) is 0 Å². The van der Waals surface area contributed by atoms with Gasteiger partial charge in [0.25, 0.3) is 0 Å². The molecule has 5 heteroatoms. The smallest absolute Gasteiger partial charge is 0.249 e. The molecule has 0 unspecified atom stereocenters. The first kappa shape index (κ1) is 13.0. The number of hydrogen-bond acceptors (Lipinski definition) is 3. The molecule has 1 heterocycles. The topological polar surface area (TPSA) is 63.4 Å². The highest BCUT2D eigenvalue weighted by molar-refractivity contribution is 7.99. The van der Waals surface area contributed by atoms with Crippen LogP contribution in [0.5, 0.6) is 0 Å². The molecule has 1 saturated heterocycles. The zero-order chi connectivity index (χ0) is 13.1. The van der Waals surface area contributed by atoms with E-state index < -0.39 is 5.91 Å². The Labute approximate surface area is 111 Å². The van der Waals surface area contributed by atoms with Crippen LogP contribution in [0.1, 0.15) is 30.1 Å². The van der Waals surface area contributed by atoms with Gasteiger partial charge in [-0.1, -0.05) is 6.92 Å². The molecule has 0 aromatic heterocycles. The van der Waals surface area contributed by atoms with Crippen molar-refractivity contribution < 1.29 is 9.59 Å². The summed E-state index contributed by atoms with van der Waals surface area (Å²) in [5, 5.41) is 0. The number of benzene rings is 1. The summed E-state index contributed by atoms with van der Waals surface area (Å²) in [6.45, 7) is 2.74. The van der Waals surface area contributed by atoms with Crippen LogP contribution < -0.4 is 10.6 Å². The molecule has 2 amide bonds. The van der Waals surface area contributed by atoms with Crippen LogP contribution >= 0.6 is 11.8 Å². The average Bonchev–Trinajstić information content (AvgIpc) is 2.76. The molecule has 0 bridgehead atoms. The highest BCUT2D eigenvalue weighted by Gasteiger charge is 2.22. The number of amides is 2. The van der Waals surface area contributed by atoms with Crippen molar-refractivity contribution in [1.29, 1.82) is 0 Å². The molecule has 0 spiro atoms. The second-order valence-corrected chi connectivity index (χ2v) is 5.43. The maximum Gasteiger partial charge on any atom is 0.249 e. The summed E-state index contributed by atoms with van der Waals surface area (Å²) in [5.74, 6) is 0.545. The van der Waals surface area contributed by atoms with E-state index in [1.807, 2.05) is 19.1 Å². The number of nitrogens with zero attached hydrogens (tertiary/aromatic N) is 1. The quantitative estimate of drug-likeness (QED) is 0.846. The molecule has 0 aliphatic carbocycles. The molecule has 4 nitrogen and oxygen atoms in total. The van der Waals surface area contributed by atoms with Gasteiger partial charge in [0, 0.05) is 23.5 Å². The Morgan fingerprint density at radius 1 is 1.50 bits per heavy atom. The lowest BCUT2D eigenvalue weighted by Crippen LogP contribution is -2.24. The van der Waals surface area contributed by atoms with Gasteiger partial charge in [0.1, 0.15) is 0 Å². The highest BCUT2D eigenvalue weighted by Crippen LogP contribution is 2.29. The van der Waals surface area contributed by atoms with E-state index in [0.29, 0.717) is 12.0 Å². The Balaban J connectivity index is 2.36. The van der Waals surface area contributed by atoms with Crippen molar-refractivity contribution in [1.82, 2.24) is 0 Å². The summed E-state index contributed by atoms with van der Waals surface area (Å²) in [6, 6.07) is 5.48. The second kappa shape index (κ2) is 5.44. The normalized spacial score (nSPS) is 15.2. The molecule has 2 rings (SSSR count). The molecular formula is C13H16N2O2S. The van der Waals surface area contributed by atoms with Gasteiger partial charge < -0.3 is 10.6 Å². The first-order chi connectivity index (χ1) is 8.63. The maximum absolute atomic E-state index is 11.7. The molecule has 0 saturated carbocycles. The van der Waals surface area contributed by atoms with E-state index in [0.717, 1.165) is 29.3 Å². The van der Waals surface area contributed by atoms with Crippen molar-refractivity contribution >= 4 is 29.3 Å². The van der Waals surface area contributed by atoms with Gasteiger partial charge >= 0.3 is 0 Å². The van der Waals surface area contributed by atoms with E-state index in [1.165, 1.54) is 0 Å². The molecule has 1 aliphatic heterocycles. The number of anilines is 1. The van der Waals surface area contributed by atoms with Gasteiger partial charge in [-0.25, -0.2) is 0 Å². The van der Waals surface area contributed by atoms with Gasteiger partial charge in [-0.3, -0.25) is 9.59 Å². The van der Waals surface area contributed by atoms with Crippen molar-refractivity contribution in [3.05, 3.63) is 23.8 Å². The van der Waals surface area contributed by atoms with Crippen LogP contribution in [0.15, 0.2) is 23.1 Å². The molecule has 96 valence electrons. The number of hydrogen-bond donors (Lipinski definition) is 1. The van der Waals surface area contributed by atoms with Crippen LogP contribution in [0, 0.1) is 0 Å². The van der Waals surface area contributed by atoms with Gasteiger partial charge in [0.15, 0.2) is 0 Å². The summed E-state index contributed by atoms with van der Waals surface area (Å²) in [6.07, 6.45) is 1.45. The van der Waals surface area contributed by atoms with Gasteiger partial charge in [0.05, 0.1) is 5.56 Å². The fraction of sp³-hybridized carbons (Fsp3) is 0.385. The number of nitrogens with two attached hydrogens (primary N) is 1. The molecule has 2 N–H and O–H groups in total. The first-order valence-electron chi connectivity index (χ1n) is 6.00. The van der Waals surface area contributed by atoms with E-state index in [1.54, 1.807) is 22.7 Å². The Kier molecular flexibility index (Phi) is 3.91. The minimum atomic E-state index is -0.445. The number of carbonyl (C=O) groups excluding carboxylic acids is 2. The van der Waals surface area contributed by atoms with Crippen molar-refractivity contribution in [2.45, 2.75) is 24.7 Å². The SMILES string of the molecule is CCSc1ccc(N2CCCC2=O)cc1C(N)=O. The summed E-state index contributed by atoms with van der Waals surface area (Å²) < 4.78 is 0. The third-order valence-electron chi connectivity index (χ3n) is 2.91. The minimum absolute atomic E-state index is 0.112. The summed E-state index contributed by atoms with van der Waals surface area (Å²) in [7, 11) is 0. The van der Waals surface area contributed by atoms with E-state index >= 15 is 0 Å². The van der Waals surface area contributed by atoms with Gasteiger partial charge in [-0.2, -0.15) is 0 Å². The van der Waals surface area contributed by atoms with Gasteiger partial charge in [0.2, 0.25) is 11.8 Å². The third-order valence-corrected chi connectivity index (χ3v) is 3.87. The summed E-state index contributed by atoms with van der Waals surface area (Å²) in [4.78, 5) is 25.7. The average molecular weight is 264 g/mol. The number of carbonyl (C=O) groups is 2. The molecule has 1 aliphatic rings. The van der Waals surface area contributed by atoms with Crippen molar-refractivity contribution in [2.75, 3.05) is 17.2 Å². The zero-order valence-electron chi connectivity index (χ0n) is 10.3. The third kappa shape index (κ3) is 2.51. The molecule has 18 heavy (non-hydrogen) atoms. The van der Waals surface area contributed by atoms with Crippen LogP contribution in [-0.2, 0) is 4.79 Å². The maximum atomic E-state index is 11.7. The van der Waals surface area contributed by atoms with E-state index in [-0.39, 0.29) is 5.91 Å². The lowest BCUT2D eigenvalue weighted by molar-refractivity contribution is -0.117. The largest absolute Gasteiger partial charge is 0.366 e. The zero-order valence-corrected chi connectivity index (χ0v) is 11.1. The predicted octanol–water partition coefficient (Wildman–Crippen LogP) is 2.02. The second-order valence-electron chi connectivity index (χ2n) is 4.13. The lowest BCUT2D eigenvalue weighted by atomic mass is 10.2. The molecule has 0 radical (unpaired) electrons. The number of primary amides is 1. The molecule has 1 fully saturated rings.